The molecule has 156 valence electrons. The average Bonchev–Trinajstić information content (AvgIpc) is 2.67. The Labute approximate surface area is 177 Å². The maximum absolute atomic E-state index is 12.0. The van der Waals surface area contributed by atoms with E-state index in [1.807, 2.05) is 19.1 Å². The zero-order valence-electron chi connectivity index (χ0n) is 16.4. The lowest BCUT2D eigenvalue weighted by atomic mass is 9.72. The second-order valence-electron chi connectivity index (χ2n) is 8.37. The summed E-state index contributed by atoms with van der Waals surface area (Å²) in [5, 5.41) is 15.0. The van der Waals surface area contributed by atoms with E-state index in [0.717, 1.165) is 18.5 Å². The summed E-state index contributed by atoms with van der Waals surface area (Å²) in [6.07, 6.45) is 5.20. The van der Waals surface area contributed by atoms with Gasteiger partial charge < -0.3 is 16.2 Å². The van der Waals surface area contributed by atoms with E-state index in [0.29, 0.717) is 35.0 Å². The Balaban J connectivity index is 1.54. The normalized spacial score (nSPS) is 27.8. The number of carbonyl (C=O) groups is 1. The fourth-order valence-corrected chi connectivity index (χ4v) is 5.05. The molecule has 1 aromatic carbocycles. The first-order valence-corrected chi connectivity index (χ1v) is 11.0. The number of nitrogens with two attached hydrogens (primary N) is 1. The molecule has 1 aliphatic carbocycles. The Bertz CT molecular complexity index is 688. The zero-order chi connectivity index (χ0) is 20.3. The summed E-state index contributed by atoms with van der Waals surface area (Å²) in [5.74, 6) is 0.959. The number of halogens is 2. The van der Waals surface area contributed by atoms with Crippen LogP contribution in [0, 0.1) is 11.8 Å². The summed E-state index contributed by atoms with van der Waals surface area (Å²) in [4.78, 5) is 14.1. The van der Waals surface area contributed by atoms with E-state index in [1.165, 1.54) is 25.7 Å². The quantitative estimate of drug-likeness (QED) is 0.622. The van der Waals surface area contributed by atoms with Crippen molar-refractivity contribution >= 4 is 29.1 Å². The van der Waals surface area contributed by atoms with Crippen molar-refractivity contribution < 1.29 is 9.90 Å². The van der Waals surface area contributed by atoms with E-state index in [2.05, 4.69) is 10.2 Å². The summed E-state index contributed by atoms with van der Waals surface area (Å²) in [6.45, 7) is 3.76. The smallest absolute Gasteiger partial charge is 0.234 e. The third kappa shape index (κ3) is 5.39. The molecule has 0 spiro atoms. The van der Waals surface area contributed by atoms with Crippen LogP contribution < -0.4 is 11.1 Å². The van der Waals surface area contributed by atoms with Crippen LogP contribution in [0.3, 0.4) is 0 Å². The van der Waals surface area contributed by atoms with Gasteiger partial charge in [-0.1, -0.05) is 48.5 Å². The van der Waals surface area contributed by atoms with E-state index in [9.17, 15) is 9.90 Å². The lowest BCUT2D eigenvalue weighted by Gasteiger charge is -2.45. The third-order valence-electron chi connectivity index (χ3n) is 6.38. The van der Waals surface area contributed by atoms with Crippen LogP contribution in [0.2, 0.25) is 10.0 Å². The van der Waals surface area contributed by atoms with E-state index >= 15 is 0 Å². The molecule has 0 radical (unpaired) electrons. The summed E-state index contributed by atoms with van der Waals surface area (Å²) in [6, 6.07) is 5.31. The van der Waals surface area contributed by atoms with Crippen molar-refractivity contribution in [3.63, 3.8) is 0 Å². The number of piperidine rings is 1. The number of aliphatic hydroxyl groups excluding tert-OH is 1. The summed E-state index contributed by atoms with van der Waals surface area (Å²) >= 11 is 12.1. The Hall–Kier alpha value is -0.850. The molecule has 0 aromatic heterocycles. The largest absolute Gasteiger partial charge is 0.390 e. The number of fused-ring (bicyclic) bond motifs is 1. The second-order valence-corrected chi connectivity index (χ2v) is 9.18. The summed E-state index contributed by atoms with van der Waals surface area (Å²) in [7, 11) is 0. The SMILES string of the molecule is C[C@@H](NC[C@@H](O)CN1C[C@H]2CCCC[C@H]2C[C@H]1C(N)=O)c1ccc(Cl)c(Cl)c1. The number of primary amides is 1. The van der Waals surface area contributed by atoms with Gasteiger partial charge in [0.25, 0.3) is 0 Å². The third-order valence-corrected chi connectivity index (χ3v) is 7.12. The zero-order valence-corrected chi connectivity index (χ0v) is 17.9. The molecule has 3 rings (SSSR count). The van der Waals surface area contributed by atoms with Gasteiger partial charge in [-0.15, -0.1) is 0 Å². The Morgan fingerprint density at radius 1 is 1.29 bits per heavy atom. The van der Waals surface area contributed by atoms with E-state index in [-0.39, 0.29) is 18.0 Å². The molecule has 1 saturated carbocycles. The molecule has 2 aliphatic rings. The van der Waals surface area contributed by atoms with E-state index in [1.54, 1.807) is 6.07 Å². The molecule has 1 heterocycles. The van der Waals surface area contributed by atoms with Gasteiger partial charge in [0.15, 0.2) is 0 Å². The van der Waals surface area contributed by atoms with Gasteiger partial charge in [-0.3, -0.25) is 9.69 Å². The Morgan fingerprint density at radius 2 is 2.00 bits per heavy atom. The van der Waals surface area contributed by atoms with Gasteiger partial charge in [-0.2, -0.15) is 0 Å². The number of amides is 1. The van der Waals surface area contributed by atoms with Crippen molar-refractivity contribution in [2.24, 2.45) is 17.6 Å². The van der Waals surface area contributed by atoms with Crippen molar-refractivity contribution in [1.29, 1.82) is 0 Å². The molecule has 5 nitrogen and oxygen atoms in total. The number of carbonyl (C=O) groups excluding carboxylic acids is 1. The number of aliphatic hydroxyl groups is 1. The predicted octanol–water partition coefficient (Wildman–Crippen LogP) is 3.37. The number of hydrogen-bond donors (Lipinski definition) is 3. The highest BCUT2D eigenvalue weighted by Crippen LogP contribution is 2.38. The van der Waals surface area contributed by atoms with E-state index in [4.69, 9.17) is 28.9 Å². The van der Waals surface area contributed by atoms with Gasteiger partial charge in [0, 0.05) is 25.7 Å². The van der Waals surface area contributed by atoms with Crippen LogP contribution >= 0.6 is 23.2 Å². The van der Waals surface area contributed by atoms with Crippen LogP contribution in [0.1, 0.15) is 50.6 Å². The lowest BCUT2D eigenvalue weighted by molar-refractivity contribution is -0.127. The minimum absolute atomic E-state index is 0.0282. The van der Waals surface area contributed by atoms with Crippen molar-refractivity contribution in [3.8, 4) is 0 Å². The van der Waals surface area contributed by atoms with Gasteiger partial charge in [0.2, 0.25) is 5.91 Å². The maximum Gasteiger partial charge on any atom is 0.234 e. The van der Waals surface area contributed by atoms with Crippen LogP contribution in [0.25, 0.3) is 0 Å². The predicted molar refractivity (Wildman–Crippen MR) is 114 cm³/mol. The lowest BCUT2D eigenvalue weighted by Crippen LogP contribution is -2.56. The molecule has 5 atom stereocenters. The Morgan fingerprint density at radius 3 is 2.68 bits per heavy atom. The highest BCUT2D eigenvalue weighted by Gasteiger charge is 2.39. The fourth-order valence-electron chi connectivity index (χ4n) is 4.74. The second kappa shape index (κ2) is 9.77. The molecule has 0 unspecified atom stereocenters. The molecule has 1 saturated heterocycles. The van der Waals surface area contributed by atoms with Crippen molar-refractivity contribution in [3.05, 3.63) is 33.8 Å². The topological polar surface area (TPSA) is 78.6 Å². The number of nitrogens with one attached hydrogen (secondary N) is 1. The number of nitrogens with zero attached hydrogens (tertiary/aromatic N) is 1. The van der Waals surface area contributed by atoms with Crippen molar-refractivity contribution in [1.82, 2.24) is 10.2 Å². The van der Waals surface area contributed by atoms with Crippen LogP contribution in [0.5, 0.6) is 0 Å². The molecular formula is C21H31Cl2N3O2. The van der Waals surface area contributed by atoms with Crippen LogP contribution in [-0.2, 0) is 4.79 Å². The first kappa shape index (κ1) is 21.8. The first-order chi connectivity index (χ1) is 13.3. The molecule has 28 heavy (non-hydrogen) atoms. The van der Waals surface area contributed by atoms with Gasteiger partial charge in [0.05, 0.1) is 22.2 Å². The summed E-state index contributed by atoms with van der Waals surface area (Å²) in [5.41, 5.74) is 6.69. The average molecular weight is 428 g/mol. The number of β-amino-alcohol motifs (C(OH)–C–C–N with tert-alkyl or cyclic N) is 1. The monoisotopic (exact) mass is 427 g/mol. The van der Waals surface area contributed by atoms with Gasteiger partial charge in [-0.05, 0) is 49.3 Å². The number of rotatable bonds is 7. The van der Waals surface area contributed by atoms with Crippen molar-refractivity contribution in [2.75, 3.05) is 19.6 Å². The van der Waals surface area contributed by atoms with Gasteiger partial charge in [0.1, 0.15) is 0 Å². The highest BCUT2D eigenvalue weighted by atomic mass is 35.5. The molecule has 7 heteroatoms. The molecule has 1 amide bonds. The minimum Gasteiger partial charge on any atom is -0.390 e. The maximum atomic E-state index is 12.0. The van der Waals surface area contributed by atoms with Gasteiger partial charge >= 0.3 is 0 Å². The standard InChI is InChI=1S/C21H31Cl2N3O2/c1-13(14-6-7-18(22)19(23)8-14)25-10-17(27)12-26-11-16-5-3-2-4-15(16)9-20(26)21(24)28/h6-8,13,15-17,20,25,27H,2-5,9-12H2,1H3,(H2,24,28)/t13-,15+,16-,17-,20+/m1/s1. The van der Waals surface area contributed by atoms with Crippen LogP contribution in [0.15, 0.2) is 18.2 Å². The van der Waals surface area contributed by atoms with E-state index < -0.39 is 6.10 Å². The first-order valence-electron chi connectivity index (χ1n) is 10.2. The number of benzene rings is 1. The van der Waals surface area contributed by atoms with Crippen LogP contribution in [0.4, 0.5) is 0 Å². The number of likely N-dealkylation sites (tertiary alicyclic amines) is 1. The summed E-state index contributed by atoms with van der Waals surface area (Å²) < 4.78 is 0. The highest BCUT2D eigenvalue weighted by molar-refractivity contribution is 6.42. The molecular weight excluding hydrogens is 397 g/mol. The fraction of sp³-hybridized carbons (Fsp3) is 0.667. The minimum atomic E-state index is -0.577. The molecule has 1 aromatic rings. The Kier molecular flexibility index (Phi) is 7.62. The van der Waals surface area contributed by atoms with Crippen molar-refractivity contribution in [2.45, 2.75) is 57.2 Å². The molecule has 1 aliphatic heterocycles. The number of hydrogen-bond acceptors (Lipinski definition) is 4. The van der Waals surface area contributed by atoms with Crippen LogP contribution in [-0.4, -0.2) is 47.7 Å². The van der Waals surface area contributed by atoms with Gasteiger partial charge in [-0.25, -0.2) is 0 Å². The molecule has 4 N–H and O–H groups in total. The molecule has 0 bridgehead atoms. The molecule has 2 fully saturated rings.